The number of hydrogen-bond acceptors (Lipinski definition) is 2. The monoisotopic (exact) mass is 453 g/mol. The summed E-state index contributed by atoms with van der Waals surface area (Å²) in [5, 5.41) is 3.30. The maximum absolute atomic E-state index is 13.3. The molecule has 1 aromatic carbocycles. The van der Waals surface area contributed by atoms with E-state index in [-0.39, 0.29) is 44.3 Å². The molecule has 1 fully saturated rings. The Labute approximate surface area is 185 Å². The van der Waals surface area contributed by atoms with E-state index in [0.29, 0.717) is 0 Å². The van der Waals surface area contributed by atoms with Crippen molar-refractivity contribution < 1.29 is 42.2 Å². The molecule has 1 unspecified atom stereocenters. The van der Waals surface area contributed by atoms with E-state index in [1.807, 2.05) is 26.0 Å². The van der Waals surface area contributed by atoms with Crippen LogP contribution >= 0.6 is 7.26 Å². The van der Waals surface area contributed by atoms with Gasteiger partial charge in [0, 0.05) is 45.7 Å². The number of methoxy groups -OCH3 is 1. The van der Waals surface area contributed by atoms with Crippen molar-refractivity contribution >= 4 is 18.9 Å². The summed E-state index contributed by atoms with van der Waals surface area (Å²) in [6.45, 7) is 8.62. The molecule has 2 rings (SSSR count). The Hall–Kier alpha value is 0.0239. The molecule has 0 saturated carbocycles. The Morgan fingerprint density at radius 2 is 1.73 bits per heavy atom. The van der Waals surface area contributed by atoms with E-state index in [9.17, 15) is 4.79 Å². The van der Waals surface area contributed by atoms with Crippen LogP contribution in [-0.2, 0) is 37.5 Å². The van der Waals surface area contributed by atoms with Crippen molar-refractivity contribution in [2.24, 2.45) is 0 Å². The van der Waals surface area contributed by atoms with E-state index in [1.54, 1.807) is 7.11 Å². The number of rotatable bonds is 7. The number of carbonyl (C=O) groups excluding carboxylic acids is 1. The second-order valence-corrected chi connectivity index (χ2v) is 12.1. The van der Waals surface area contributed by atoms with Crippen molar-refractivity contribution in [3.63, 3.8) is 0 Å². The first-order valence-corrected chi connectivity index (χ1v) is 12.2. The van der Waals surface area contributed by atoms with E-state index in [0.717, 1.165) is 35.4 Å². The Morgan fingerprint density at radius 1 is 1.15 bits per heavy atom. The van der Waals surface area contributed by atoms with Gasteiger partial charge in [-0.05, 0) is 69.7 Å². The molecule has 0 bridgehead atoms. The molecule has 0 spiro atoms. The fourth-order valence-electron chi connectivity index (χ4n) is 4.36. The fraction of sp³-hybridized carbons (Fsp3) is 0.667. The van der Waals surface area contributed by atoms with Crippen molar-refractivity contribution in [3.05, 3.63) is 23.3 Å². The van der Waals surface area contributed by atoms with Crippen LogP contribution in [0.3, 0.4) is 0 Å². The summed E-state index contributed by atoms with van der Waals surface area (Å²) in [4.78, 5) is 13.3. The quantitative estimate of drug-likeness (QED) is 0.543. The number of benzene rings is 1. The molecule has 143 valence electrons. The number of carbonyl (C=O) groups is 1. The minimum atomic E-state index is -1.17. The zero-order valence-electron chi connectivity index (χ0n) is 17.2. The first-order chi connectivity index (χ1) is 12.0. The number of hydrogen-bond donors (Lipinski definition) is 1. The van der Waals surface area contributed by atoms with Crippen LogP contribution in [0.25, 0.3) is 0 Å². The molecule has 0 aromatic heterocycles. The minimum absolute atomic E-state index is 0. The average molecular weight is 453 g/mol. The van der Waals surface area contributed by atoms with Crippen molar-refractivity contribution in [3.8, 4) is 5.75 Å². The van der Waals surface area contributed by atoms with E-state index in [1.165, 1.54) is 37.7 Å². The zero-order chi connectivity index (χ0) is 18.4. The van der Waals surface area contributed by atoms with E-state index in [2.05, 4.69) is 19.2 Å². The summed E-state index contributed by atoms with van der Waals surface area (Å²) >= 11 is 0. The largest absolute Gasteiger partial charge is 0.497 e. The van der Waals surface area contributed by atoms with Gasteiger partial charge in [0.15, 0.2) is 0 Å². The van der Waals surface area contributed by atoms with Crippen LogP contribution in [0.5, 0.6) is 5.75 Å². The summed E-state index contributed by atoms with van der Waals surface area (Å²) in [6.07, 6.45) is 9.92. The topological polar surface area (TPSA) is 38.3 Å². The zero-order valence-corrected chi connectivity index (χ0v) is 21.0. The van der Waals surface area contributed by atoms with E-state index >= 15 is 0 Å². The van der Waals surface area contributed by atoms with Gasteiger partial charge in [0.1, 0.15) is 11.4 Å². The van der Waals surface area contributed by atoms with Gasteiger partial charge in [-0.3, -0.25) is 4.79 Å². The SMILES string of the molecule is CCCC(C(=O)Nc1c(C)cc(OC)cc1C)[P+]1(CC)CCCCC1.[Y]. The second-order valence-electron chi connectivity index (χ2n) is 7.47. The average Bonchev–Trinajstić information content (AvgIpc) is 2.62. The maximum atomic E-state index is 13.3. The molecule has 1 aliphatic rings. The predicted molar refractivity (Wildman–Crippen MR) is 111 cm³/mol. The predicted octanol–water partition coefficient (Wildman–Crippen LogP) is 5.64. The molecular formula is C21H35NO2PY+. The summed E-state index contributed by atoms with van der Waals surface area (Å²) in [7, 11) is 0.510. The van der Waals surface area contributed by atoms with Gasteiger partial charge in [-0.15, -0.1) is 0 Å². The second kappa shape index (κ2) is 11.1. The molecule has 1 saturated heterocycles. The summed E-state index contributed by atoms with van der Waals surface area (Å²) in [5.74, 6) is 1.11. The van der Waals surface area contributed by atoms with Crippen molar-refractivity contribution in [2.45, 2.75) is 65.5 Å². The number of anilines is 1. The van der Waals surface area contributed by atoms with Crippen LogP contribution in [0.4, 0.5) is 5.69 Å². The van der Waals surface area contributed by atoms with Gasteiger partial charge in [0.2, 0.25) is 0 Å². The van der Waals surface area contributed by atoms with Gasteiger partial charge in [-0.25, -0.2) is 0 Å². The Balaban J connectivity index is 0.00000338. The van der Waals surface area contributed by atoms with Crippen LogP contribution in [-0.4, -0.2) is 37.2 Å². The number of nitrogens with one attached hydrogen (secondary N) is 1. The molecule has 5 heteroatoms. The third-order valence-corrected chi connectivity index (χ3v) is 11.3. The molecular weight excluding hydrogens is 418 g/mol. The van der Waals surface area contributed by atoms with Gasteiger partial charge >= 0.3 is 0 Å². The minimum Gasteiger partial charge on any atom is -0.497 e. The molecule has 3 nitrogen and oxygen atoms in total. The first kappa shape index (κ1) is 24.1. The van der Waals surface area contributed by atoms with Gasteiger partial charge in [-0.2, -0.15) is 0 Å². The first-order valence-electron chi connectivity index (χ1n) is 9.79. The fourth-order valence-corrected chi connectivity index (χ4v) is 9.36. The third kappa shape index (κ3) is 5.52. The third-order valence-electron chi connectivity index (χ3n) is 5.85. The molecule has 1 aliphatic heterocycles. The van der Waals surface area contributed by atoms with Crippen LogP contribution in [0.2, 0.25) is 0 Å². The molecule has 1 aromatic rings. The normalized spacial score (nSPS) is 17.1. The number of amides is 1. The smallest absolute Gasteiger partial charge is 0.265 e. The van der Waals surface area contributed by atoms with Gasteiger partial charge in [-0.1, -0.05) is 13.3 Å². The van der Waals surface area contributed by atoms with Gasteiger partial charge < -0.3 is 10.1 Å². The molecule has 1 N–H and O–H groups in total. The van der Waals surface area contributed by atoms with Crippen molar-refractivity contribution in [1.82, 2.24) is 0 Å². The van der Waals surface area contributed by atoms with E-state index < -0.39 is 7.26 Å². The Morgan fingerprint density at radius 3 is 2.19 bits per heavy atom. The molecule has 0 aliphatic carbocycles. The van der Waals surface area contributed by atoms with Crippen LogP contribution in [0.1, 0.15) is 57.1 Å². The standard InChI is InChI=1S/C21H34NO2P.Y/c1-6-11-19(25(7-2)12-9-8-10-13-25)21(23)22-20-16(3)14-18(24-5)15-17(20)4;/h14-15,19H,6-13H2,1-5H3;/p+1. The van der Waals surface area contributed by atoms with E-state index in [4.69, 9.17) is 4.74 Å². The summed E-state index contributed by atoms with van der Waals surface area (Å²) in [5.41, 5.74) is 3.35. The Kier molecular flexibility index (Phi) is 10.3. The van der Waals surface area contributed by atoms with Crippen molar-refractivity contribution in [2.75, 3.05) is 30.9 Å². The number of ether oxygens (including phenoxy) is 1. The van der Waals surface area contributed by atoms with Gasteiger partial charge in [0.05, 0.1) is 25.6 Å². The summed E-state index contributed by atoms with van der Waals surface area (Å²) in [6, 6.07) is 4.01. The molecule has 1 atom stereocenters. The van der Waals surface area contributed by atoms with Crippen LogP contribution in [0, 0.1) is 13.8 Å². The number of aryl methyl sites for hydroxylation is 2. The van der Waals surface area contributed by atoms with Crippen molar-refractivity contribution in [1.29, 1.82) is 0 Å². The van der Waals surface area contributed by atoms with Crippen LogP contribution < -0.4 is 10.1 Å². The molecule has 1 radical (unpaired) electrons. The van der Waals surface area contributed by atoms with Crippen LogP contribution in [0.15, 0.2) is 12.1 Å². The summed E-state index contributed by atoms with van der Waals surface area (Å²) < 4.78 is 5.34. The van der Waals surface area contributed by atoms with Gasteiger partial charge in [0.25, 0.3) is 5.91 Å². The molecule has 1 heterocycles. The molecule has 26 heavy (non-hydrogen) atoms. The maximum Gasteiger partial charge on any atom is 0.265 e. The molecule has 1 amide bonds. The Bertz CT molecular complexity index is 577.